The average Bonchev–Trinajstić information content (AvgIpc) is 2.91. The van der Waals surface area contributed by atoms with Crippen LogP contribution < -0.4 is 0 Å². The third-order valence-corrected chi connectivity index (χ3v) is 2.98. The first kappa shape index (κ1) is 11.7. The molecule has 1 aromatic rings. The van der Waals surface area contributed by atoms with E-state index in [4.69, 9.17) is 9.15 Å². The topological polar surface area (TPSA) is 59.8 Å². The van der Waals surface area contributed by atoms with E-state index < -0.39 is 0 Å². The summed E-state index contributed by atoms with van der Waals surface area (Å²) in [5.41, 5.74) is 0. The normalized spacial score (nSPS) is 20.1. The number of furan rings is 1. The van der Waals surface area contributed by atoms with E-state index in [1.54, 1.807) is 17.0 Å². The van der Waals surface area contributed by atoms with Crippen molar-refractivity contribution in [3.63, 3.8) is 0 Å². The number of methoxy groups -OCH3 is 1. The number of hydrogen-bond donors (Lipinski definition) is 0. The van der Waals surface area contributed by atoms with Gasteiger partial charge in [-0.15, -0.1) is 0 Å². The van der Waals surface area contributed by atoms with Crippen LogP contribution in [0.2, 0.25) is 0 Å². The van der Waals surface area contributed by atoms with Crippen LogP contribution in [-0.2, 0) is 9.53 Å². The molecule has 0 bridgehead atoms. The molecule has 1 saturated heterocycles. The lowest BCUT2D eigenvalue weighted by Gasteiger charge is -2.30. The molecule has 17 heavy (non-hydrogen) atoms. The third kappa shape index (κ3) is 2.49. The molecule has 2 heterocycles. The number of carbonyl (C=O) groups excluding carboxylic acids is 2. The van der Waals surface area contributed by atoms with Crippen molar-refractivity contribution in [2.75, 3.05) is 20.2 Å². The van der Waals surface area contributed by atoms with Crippen LogP contribution in [0.5, 0.6) is 0 Å². The molecular formula is C12H15NO4. The van der Waals surface area contributed by atoms with E-state index in [1.165, 1.54) is 13.4 Å². The van der Waals surface area contributed by atoms with Crippen molar-refractivity contribution in [2.45, 2.75) is 12.8 Å². The molecule has 92 valence electrons. The Morgan fingerprint density at radius 1 is 1.53 bits per heavy atom. The predicted molar refractivity (Wildman–Crippen MR) is 59.4 cm³/mol. The number of ether oxygens (including phenoxy) is 1. The summed E-state index contributed by atoms with van der Waals surface area (Å²) in [4.78, 5) is 25.1. The van der Waals surface area contributed by atoms with Gasteiger partial charge in [-0.1, -0.05) is 0 Å². The van der Waals surface area contributed by atoms with Crippen LogP contribution in [0.1, 0.15) is 23.4 Å². The lowest BCUT2D eigenvalue weighted by molar-refractivity contribution is -0.146. The second-order valence-corrected chi connectivity index (χ2v) is 4.09. The molecular weight excluding hydrogens is 222 g/mol. The van der Waals surface area contributed by atoms with Gasteiger partial charge >= 0.3 is 5.97 Å². The van der Waals surface area contributed by atoms with Gasteiger partial charge in [0, 0.05) is 13.1 Å². The molecule has 0 N–H and O–H groups in total. The Bertz CT molecular complexity index is 399. The Hall–Kier alpha value is -1.78. The number of amides is 1. The molecule has 1 amide bonds. The van der Waals surface area contributed by atoms with E-state index in [0.29, 0.717) is 18.8 Å². The van der Waals surface area contributed by atoms with Gasteiger partial charge in [0.1, 0.15) is 0 Å². The SMILES string of the molecule is COC(=O)[C@@H]1CCCN(C(=O)c2ccco2)C1. The van der Waals surface area contributed by atoms with Gasteiger partial charge in [-0.05, 0) is 25.0 Å². The molecule has 0 unspecified atom stereocenters. The maximum atomic E-state index is 12.0. The van der Waals surface area contributed by atoms with Gasteiger partial charge in [0.05, 0.1) is 19.3 Å². The van der Waals surface area contributed by atoms with Crippen molar-refractivity contribution in [1.29, 1.82) is 0 Å². The Balaban J connectivity index is 2.02. The molecule has 5 heteroatoms. The predicted octanol–water partition coefficient (Wildman–Crippen LogP) is 1.30. The number of rotatable bonds is 2. The first-order valence-electron chi connectivity index (χ1n) is 5.63. The molecule has 2 rings (SSSR count). The molecule has 0 spiro atoms. The summed E-state index contributed by atoms with van der Waals surface area (Å²) in [6.45, 7) is 1.07. The fourth-order valence-corrected chi connectivity index (χ4v) is 2.08. The number of carbonyl (C=O) groups is 2. The highest BCUT2D eigenvalue weighted by molar-refractivity contribution is 5.91. The summed E-state index contributed by atoms with van der Waals surface area (Å²) in [6.07, 6.45) is 3.05. The zero-order valence-corrected chi connectivity index (χ0v) is 9.72. The highest BCUT2D eigenvalue weighted by Crippen LogP contribution is 2.19. The minimum absolute atomic E-state index is 0.163. The van der Waals surface area contributed by atoms with E-state index in [2.05, 4.69) is 0 Å². The number of likely N-dealkylation sites (tertiary alicyclic amines) is 1. The minimum Gasteiger partial charge on any atom is -0.469 e. The molecule has 1 aromatic heterocycles. The maximum absolute atomic E-state index is 12.0. The molecule has 1 fully saturated rings. The lowest BCUT2D eigenvalue weighted by atomic mass is 9.98. The van der Waals surface area contributed by atoms with Crippen LogP contribution in [0.15, 0.2) is 22.8 Å². The first-order valence-corrected chi connectivity index (χ1v) is 5.63. The van der Waals surface area contributed by atoms with Crippen molar-refractivity contribution >= 4 is 11.9 Å². The van der Waals surface area contributed by atoms with Crippen LogP contribution in [-0.4, -0.2) is 37.0 Å². The van der Waals surface area contributed by atoms with Gasteiger partial charge in [-0.25, -0.2) is 0 Å². The Kier molecular flexibility index (Phi) is 3.46. The van der Waals surface area contributed by atoms with Gasteiger partial charge in [0.25, 0.3) is 5.91 Å². The van der Waals surface area contributed by atoms with Gasteiger partial charge in [-0.3, -0.25) is 9.59 Å². The fourth-order valence-electron chi connectivity index (χ4n) is 2.08. The summed E-state index contributed by atoms with van der Waals surface area (Å²) < 4.78 is 9.77. The number of nitrogens with zero attached hydrogens (tertiary/aromatic N) is 1. The average molecular weight is 237 g/mol. The maximum Gasteiger partial charge on any atom is 0.310 e. The molecule has 0 saturated carbocycles. The Labute approximate surface area is 99.3 Å². The van der Waals surface area contributed by atoms with Crippen molar-refractivity contribution in [2.24, 2.45) is 5.92 Å². The number of piperidine rings is 1. The van der Waals surface area contributed by atoms with Crippen LogP contribution in [0.3, 0.4) is 0 Å². The molecule has 0 aliphatic carbocycles. The van der Waals surface area contributed by atoms with Gasteiger partial charge in [-0.2, -0.15) is 0 Å². The Morgan fingerprint density at radius 3 is 3.00 bits per heavy atom. The van der Waals surface area contributed by atoms with E-state index in [-0.39, 0.29) is 17.8 Å². The molecule has 1 atom stereocenters. The zero-order chi connectivity index (χ0) is 12.3. The Morgan fingerprint density at radius 2 is 2.35 bits per heavy atom. The highest BCUT2D eigenvalue weighted by Gasteiger charge is 2.30. The summed E-state index contributed by atoms with van der Waals surface area (Å²) in [5, 5.41) is 0. The monoisotopic (exact) mass is 237 g/mol. The molecule has 1 aliphatic rings. The van der Waals surface area contributed by atoms with Crippen molar-refractivity contribution in [1.82, 2.24) is 4.90 Å². The molecule has 0 radical (unpaired) electrons. The van der Waals surface area contributed by atoms with Crippen LogP contribution in [0.25, 0.3) is 0 Å². The summed E-state index contributed by atoms with van der Waals surface area (Å²) >= 11 is 0. The van der Waals surface area contributed by atoms with Crippen molar-refractivity contribution < 1.29 is 18.7 Å². The van der Waals surface area contributed by atoms with Crippen LogP contribution in [0.4, 0.5) is 0 Å². The van der Waals surface area contributed by atoms with E-state index >= 15 is 0 Å². The standard InChI is InChI=1S/C12H15NO4/c1-16-12(15)9-4-2-6-13(8-9)11(14)10-5-3-7-17-10/h3,5,7,9H,2,4,6,8H2,1H3/t9-/m1/s1. The van der Waals surface area contributed by atoms with E-state index in [1.807, 2.05) is 0 Å². The van der Waals surface area contributed by atoms with E-state index in [0.717, 1.165) is 12.8 Å². The first-order chi connectivity index (χ1) is 8.22. The van der Waals surface area contributed by atoms with Crippen LogP contribution >= 0.6 is 0 Å². The second-order valence-electron chi connectivity index (χ2n) is 4.09. The minimum atomic E-state index is -0.248. The largest absolute Gasteiger partial charge is 0.469 e. The lowest BCUT2D eigenvalue weighted by Crippen LogP contribution is -2.42. The summed E-state index contributed by atoms with van der Waals surface area (Å²) in [7, 11) is 1.37. The zero-order valence-electron chi connectivity index (χ0n) is 9.72. The van der Waals surface area contributed by atoms with Gasteiger partial charge in [0.2, 0.25) is 0 Å². The second kappa shape index (κ2) is 5.03. The smallest absolute Gasteiger partial charge is 0.310 e. The quantitative estimate of drug-likeness (QED) is 0.727. The number of esters is 1. The van der Waals surface area contributed by atoms with Gasteiger partial charge < -0.3 is 14.1 Å². The molecule has 5 nitrogen and oxygen atoms in total. The third-order valence-electron chi connectivity index (χ3n) is 2.98. The summed E-state index contributed by atoms with van der Waals surface area (Å²) in [5.74, 6) is -0.311. The number of hydrogen-bond acceptors (Lipinski definition) is 4. The molecule has 0 aromatic carbocycles. The van der Waals surface area contributed by atoms with Gasteiger partial charge in [0.15, 0.2) is 5.76 Å². The van der Waals surface area contributed by atoms with E-state index in [9.17, 15) is 9.59 Å². The molecule has 1 aliphatic heterocycles. The highest BCUT2D eigenvalue weighted by atomic mass is 16.5. The fraction of sp³-hybridized carbons (Fsp3) is 0.500. The van der Waals surface area contributed by atoms with Crippen molar-refractivity contribution in [3.05, 3.63) is 24.2 Å². The van der Waals surface area contributed by atoms with Crippen LogP contribution in [0, 0.1) is 5.92 Å². The summed E-state index contributed by atoms with van der Waals surface area (Å²) in [6, 6.07) is 3.30. The van der Waals surface area contributed by atoms with Crippen molar-refractivity contribution in [3.8, 4) is 0 Å².